The molecule has 0 fully saturated rings. The molecule has 0 aliphatic carbocycles. The minimum absolute atomic E-state index is 0.0374. The van der Waals surface area contributed by atoms with Crippen LogP contribution in [0.3, 0.4) is 0 Å². The van der Waals surface area contributed by atoms with Gasteiger partial charge in [-0.05, 0) is 77.0 Å². The maximum atomic E-state index is 12.7. The van der Waals surface area contributed by atoms with Crippen LogP contribution >= 0.6 is 7.82 Å². The van der Waals surface area contributed by atoms with Crippen molar-refractivity contribution in [1.82, 2.24) is 0 Å². The van der Waals surface area contributed by atoms with Crippen molar-refractivity contribution >= 4 is 19.8 Å². The summed E-state index contributed by atoms with van der Waals surface area (Å²) in [6.45, 7) is 4.09. The number of phosphoric acid groups is 1. The van der Waals surface area contributed by atoms with Gasteiger partial charge in [0.2, 0.25) is 0 Å². The molecule has 408 valence electrons. The number of nitrogens with zero attached hydrogens (tertiary/aromatic N) is 1. The molecule has 0 aliphatic rings. The Morgan fingerprint density at radius 3 is 1.23 bits per heavy atom. The van der Waals surface area contributed by atoms with Gasteiger partial charge in [0.15, 0.2) is 6.10 Å². The van der Waals surface area contributed by atoms with Crippen molar-refractivity contribution in [3.05, 3.63) is 60.8 Å². The standard InChI is InChI=1S/C60H110NO8P/c1-6-8-10-12-14-16-18-20-21-22-23-24-25-26-27-28-29-30-31-32-33-34-35-36-37-38-39-41-42-44-46-48-50-52-59(62)66-56-58(57-68-70(64,65)67-55-54-61(3,4)5)69-60(63)53-51-49-47-45-43-40-19-17-15-13-11-9-7-2/h9,11,15,17-18,20,22-23,40,43,58H,6-8,10,12-14,16,19,21,24-39,41-42,44-57H2,1-5H3/b11-9-,17-15-,20-18-,23-22-,43-40-. The molecule has 0 rings (SSSR count). The van der Waals surface area contributed by atoms with Gasteiger partial charge in [-0.1, -0.05) is 229 Å². The second-order valence-electron chi connectivity index (χ2n) is 20.6. The van der Waals surface area contributed by atoms with E-state index in [1.807, 2.05) is 21.1 Å². The second-order valence-corrected chi connectivity index (χ2v) is 22.0. The van der Waals surface area contributed by atoms with Gasteiger partial charge in [-0.15, -0.1) is 0 Å². The number of likely N-dealkylation sites (N-methyl/N-ethyl adjacent to an activating group) is 1. The average Bonchev–Trinajstić information content (AvgIpc) is 3.32. The topological polar surface area (TPSA) is 111 Å². The van der Waals surface area contributed by atoms with E-state index in [1.165, 1.54) is 161 Å². The quantitative estimate of drug-likeness (QED) is 0.0195. The predicted molar refractivity (Wildman–Crippen MR) is 296 cm³/mol. The van der Waals surface area contributed by atoms with Crippen LogP contribution in [0.2, 0.25) is 0 Å². The first-order valence-corrected chi connectivity index (χ1v) is 30.5. The normalized spacial score (nSPS) is 13.7. The molecule has 0 heterocycles. The Labute approximate surface area is 432 Å². The molecule has 0 saturated heterocycles. The summed E-state index contributed by atoms with van der Waals surface area (Å²) in [6.07, 6.45) is 65.9. The first-order valence-electron chi connectivity index (χ1n) is 29.0. The lowest BCUT2D eigenvalue weighted by atomic mass is 10.0. The fourth-order valence-corrected chi connectivity index (χ4v) is 8.78. The van der Waals surface area contributed by atoms with Crippen molar-refractivity contribution in [2.45, 2.75) is 264 Å². The van der Waals surface area contributed by atoms with Crippen LogP contribution in [0.15, 0.2) is 60.8 Å². The Bertz CT molecular complexity index is 1370. The zero-order chi connectivity index (χ0) is 51.3. The Kier molecular flexibility index (Phi) is 49.9. The SMILES string of the molecule is CC/C=C\C/C=C\C/C=C\CCCCCC(=O)OC(COC(=O)CCCCCCCCCCCCCCCCCCCCCCC/C=C\C/C=C\CCCCCCC)COP(=O)([O-])OCC[N+](C)(C)C. The van der Waals surface area contributed by atoms with Gasteiger partial charge in [0, 0.05) is 12.8 Å². The molecule has 0 aromatic heterocycles. The van der Waals surface area contributed by atoms with Crippen LogP contribution < -0.4 is 4.89 Å². The third-order valence-electron chi connectivity index (χ3n) is 12.5. The largest absolute Gasteiger partial charge is 0.756 e. The molecule has 9 nitrogen and oxygen atoms in total. The van der Waals surface area contributed by atoms with Crippen LogP contribution in [0.1, 0.15) is 258 Å². The molecule has 0 amide bonds. The molecule has 0 N–H and O–H groups in total. The Morgan fingerprint density at radius 1 is 0.457 bits per heavy atom. The summed E-state index contributed by atoms with van der Waals surface area (Å²) in [7, 11) is 1.15. The summed E-state index contributed by atoms with van der Waals surface area (Å²) in [5.41, 5.74) is 0. The lowest BCUT2D eigenvalue weighted by Crippen LogP contribution is -2.37. The lowest BCUT2D eigenvalue weighted by Gasteiger charge is -2.28. The number of quaternary nitrogens is 1. The molecule has 0 radical (unpaired) electrons. The number of rotatable bonds is 53. The number of allylic oxidation sites excluding steroid dienone is 10. The number of hydrogen-bond donors (Lipinski definition) is 0. The summed E-state index contributed by atoms with van der Waals surface area (Å²) in [6, 6.07) is 0. The van der Waals surface area contributed by atoms with Crippen LogP contribution in [0, 0.1) is 0 Å². The van der Waals surface area contributed by atoms with Crippen molar-refractivity contribution in [3.63, 3.8) is 0 Å². The summed E-state index contributed by atoms with van der Waals surface area (Å²) in [4.78, 5) is 37.7. The van der Waals surface area contributed by atoms with E-state index in [4.69, 9.17) is 18.5 Å². The minimum atomic E-state index is -4.64. The maximum Gasteiger partial charge on any atom is 0.306 e. The molecule has 0 aliphatic heterocycles. The highest BCUT2D eigenvalue weighted by molar-refractivity contribution is 7.45. The predicted octanol–water partition coefficient (Wildman–Crippen LogP) is 17.3. The molecular formula is C60H110NO8P. The monoisotopic (exact) mass is 1000 g/mol. The number of unbranched alkanes of at least 4 members (excludes halogenated alkanes) is 29. The molecule has 0 saturated carbocycles. The fourth-order valence-electron chi connectivity index (χ4n) is 8.05. The van der Waals surface area contributed by atoms with E-state index in [-0.39, 0.29) is 32.0 Å². The molecular weight excluding hydrogens is 894 g/mol. The smallest absolute Gasteiger partial charge is 0.306 e. The lowest BCUT2D eigenvalue weighted by molar-refractivity contribution is -0.870. The molecule has 0 bridgehead atoms. The summed E-state index contributed by atoms with van der Waals surface area (Å²) in [5, 5.41) is 0. The summed E-state index contributed by atoms with van der Waals surface area (Å²) in [5.74, 6) is -0.862. The summed E-state index contributed by atoms with van der Waals surface area (Å²) < 4.78 is 34.0. The third kappa shape index (κ3) is 55.0. The van der Waals surface area contributed by atoms with Crippen molar-refractivity contribution in [3.8, 4) is 0 Å². The van der Waals surface area contributed by atoms with Crippen molar-refractivity contribution in [1.29, 1.82) is 0 Å². The molecule has 2 atom stereocenters. The van der Waals surface area contributed by atoms with Crippen LogP contribution in [0.5, 0.6) is 0 Å². The van der Waals surface area contributed by atoms with Gasteiger partial charge < -0.3 is 27.9 Å². The van der Waals surface area contributed by atoms with Gasteiger partial charge in [0.05, 0.1) is 27.7 Å². The minimum Gasteiger partial charge on any atom is -0.756 e. The van der Waals surface area contributed by atoms with Gasteiger partial charge >= 0.3 is 11.9 Å². The molecule has 0 aromatic carbocycles. The average molecular weight is 1000 g/mol. The number of esters is 2. The van der Waals surface area contributed by atoms with Gasteiger partial charge in [-0.25, -0.2) is 0 Å². The molecule has 0 spiro atoms. The summed E-state index contributed by atoms with van der Waals surface area (Å²) >= 11 is 0. The van der Waals surface area contributed by atoms with Crippen molar-refractivity contribution < 1.29 is 42.1 Å². The number of phosphoric ester groups is 1. The van der Waals surface area contributed by atoms with Crippen LogP contribution in [-0.2, 0) is 32.7 Å². The second kappa shape index (κ2) is 51.6. The van der Waals surface area contributed by atoms with E-state index in [1.54, 1.807) is 0 Å². The zero-order valence-electron chi connectivity index (χ0n) is 46.2. The Balaban J connectivity index is 3.98. The first kappa shape index (κ1) is 67.7. The van der Waals surface area contributed by atoms with Crippen LogP contribution in [0.4, 0.5) is 0 Å². The number of ether oxygens (including phenoxy) is 2. The van der Waals surface area contributed by atoms with Gasteiger partial charge in [-0.2, -0.15) is 0 Å². The highest BCUT2D eigenvalue weighted by Gasteiger charge is 2.21. The molecule has 2 unspecified atom stereocenters. The van der Waals surface area contributed by atoms with E-state index in [0.717, 1.165) is 64.2 Å². The first-order chi connectivity index (χ1) is 34.0. The molecule has 70 heavy (non-hydrogen) atoms. The fraction of sp³-hybridized carbons (Fsp3) is 0.800. The van der Waals surface area contributed by atoms with Gasteiger partial charge in [0.25, 0.3) is 7.82 Å². The number of hydrogen-bond acceptors (Lipinski definition) is 8. The number of carbonyl (C=O) groups is 2. The molecule has 10 heteroatoms. The molecule has 0 aromatic rings. The van der Waals surface area contributed by atoms with E-state index in [9.17, 15) is 19.0 Å². The van der Waals surface area contributed by atoms with E-state index < -0.39 is 26.5 Å². The van der Waals surface area contributed by atoms with Crippen LogP contribution in [-0.4, -0.2) is 70.0 Å². The van der Waals surface area contributed by atoms with Gasteiger partial charge in [0.1, 0.15) is 19.8 Å². The van der Waals surface area contributed by atoms with Crippen LogP contribution in [0.25, 0.3) is 0 Å². The Morgan fingerprint density at radius 2 is 0.814 bits per heavy atom. The highest BCUT2D eigenvalue weighted by atomic mass is 31.2. The van der Waals surface area contributed by atoms with Crippen molar-refractivity contribution in [2.75, 3.05) is 47.5 Å². The van der Waals surface area contributed by atoms with Crippen molar-refractivity contribution in [2.24, 2.45) is 0 Å². The Hall–Kier alpha value is -2.29. The van der Waals surface area contributed by atoms with E-state index in [2.05, 4.69) is 74.6 Å². The maximum absolute atomic E-state index is 12.7. The zero-order valence-corrected chi connectivity index (χ0v) is 47.1. The third-order valence-corrected chi connectivity index (χ3v) is 13.5. The highest BCUT2D eigenvalue weighted by Crippen LogP contribution is 2.38. The number of carbonyl (C=O) groups excluding carboxylic acids is 2. The van der Waals surface area contributed by atoms with E-state index in [0.29, 0.717) is 17.4 Å². The van der Waals surface area contributed by atoms with E-state index >= 15 is 0 Å². The van der Waals surface area contributed by atoms with Gasteiger partial charge in [-0.3, -0.25) is 14.2 Å².